The second-order valence-electron chi connectivity index (χ2n) is 4.15. The van der Waals surface area contributed by atoms with Gasteiger partial charge in [0.2, 0.25) is 0 Å². The third-order valence-corrected chi connectivity index (χ3v) is 2.86. The lowest BCUT2D eigenvalue weighted by atomic mass is 10.0. The molecule has 4 nitrogen and oxygen atoms in total. The fourth-order valence-electron chi connectivity index (χ4n) is 1.91. The average Bonchev–Trinajstić information content (AvgIpc) is 2.78. The summed E-state index contributed by atoms with van der Waals surface area (Å²) >= 11 is 0. The minimum absolute atomic E-state index is 0.655. The van der Waals surface area contributed by atoms with Gasteiger partial charge in [-0.15, -0.1) is 0 Å². The summed E-state index contributed by atoms with van der Waals surface area (Å²) in [6, 6.07) is 1.90. The van der Waals surface area contributed by atoms with E-state index in [0.29, 0.717) is 0 Å². The average molecular weight is 231 g/mol. The Morgan fingerprint density at radius 2 is 2.18 bits per heavy atom. The van der Waals surface area contributed by atoms with Crippen molar-refractivity contribution in [2.45, 2.75) is 32.9 Å². The van der Waals surface area contributed by atoms with Gasteiger partial charge in [0.1, 0.15) is 6.10 Å². The summed E-state index contributed by atoms with van der Waals surface area (Å²) in [5.41, 5.74) is 2.70. The molecule has 1 N–H and O–H groups in total. The molecule has 17 heavy (non-hydrogen) atoms. The van der Waals surface area contributed by atoms with Gasteiger partial charge in [-0.05, 0) is 25.0 Å². The molecule has 1 atom stereocenters. The zero-order valence-corrected chi connectivity index (χ0v) is 10.2. The summed E-state index contributed by atoms with van der Waals surface area (Å²) in [7, 11) is 0. The Kier molecular flexibility index (Phi) is 3.54. The van der Waals surface area contributed by atoms with Crippen LogP contribution in [0.3, 0.4) is 0 Å². The number of hydrogen-bond acceptors (Lipinski definition) is 3. The molecule has 0 aromatic carbocycles. The van der Waals surface area contributed by atoms with E-state index in [9.17, 15) is 5.11 Å². The maximum Gasteiger partial charge on any atom is 0.122 e. The standard InChI is InChI=1S/C13H17N3O/c1-3-6-16-9-15-8-12(16)13(17)11-7-14-5-4-10(11)2/h4-5,7-9,13,17H,3,6H2,1-2H3. The predicted molar refractivity (Wildman–Crippen MR) is 65.6 cm³/mol. The van der Waals surface area contributed by atoms with Gasteiger partial charge < -0.3 is 9.67 Å². The van der Waals surface area contributed by atoms with Crippen LogP contribution in [0, 0.1) is 6.92 Å². The van der Waals surface area contributed by atoms with Gasteiger partial charge in [-0.1, -0.05) is 6.92 Å². The lowest BCUT2D eigenvalue weighted by Crippen LogP contribution is -2.09. The fraction of sp³-hybridized carbons (Fsp3) is 0.385. The Bertz CT molecular complexity index is 493. The number of aryl methyl sites for hydroxylation is 2. The lowest BCUT2D eigenvalue weighted by molar-refractivity contribution is 0.208. The van der Waals surface area contributed by atoms with Gasteiger partial charge in [-0.3, -0.25) is 4.98 Å². The van der Waals surface area contributed by atoms with Crippen molar-refractivity contribution in [3.05, 3.63) is 47.8 Å². The zero-order chi connectivity index (χ0) is 12.3. The molecule has 0 aliphatic heterocycles. The van der Waals surface area contributed by atoms with Crippen LogP contribution in [0.2, 0.25) is 0 Å². The van der Waals surface area contributed by atoms with Crippen molar-refractivity contribution in [3.8, 4) is 0 Å². The van der Waals surface area contributed by atoms with Crippen LogP contribution in [0.1, 0.15) is 36.3 Å². The molecule has 90 valence electrons. The number of nitrogens with zero attached hydrogens (tertiary/aromatic N) is 3. The summed E-state index contributed by atoms with van der Waals surface area (Å²) in [6.45, 7) is 4.94. The molecule has 0 radical (unpaired) electrons. The smallest absolute Gasteiger partial charge is 0.122 e. The van der Waals surface area contributed by atoms with E-state index < -0.39 is 6.10 Å². The van der Waals surface area contributed by atoms with Gasteiger partial charge in [-0.2, -0.15) is 0 Å². The van der Waals surface area contributed by atoms with E-state index in [1.54, 1.807) is 24.9 Å². The molecule has 0 aliphatic rings. The van der Waals surface area contributed by atoms with Crippen molar-refractivity contribution >= 4 is 0 Å². The maximum atomic E-state index is 10.4. The Labute approximate surface area is 101 Å². The first-order valence-corrected chi connectivity index (χ1v) is 5.82. The van der Waals surface area contributed by atoms with E-state index in [0.717, 1.165) is 29.8 Å². The maximum absolute atomic E-state index is 10.4. The molecule has 0 spiro atoms. The van der Waals surface area contributed by atoms with Crippen LogP contribution in [-0.2, 0) is 6.54 Å². The molecule has 0 fully saturated rings. The monoisotopic (exact) mass is 231 g/mol. The first kappa shape index (κ1) is 11.8. The van der Waals surface area contributed by atoms with Crippen molar-refractivity contribution in [2.24, 2.45) is 0 Å². The zero-order valence-electron chi connectivity index (χ0n) is 10.2. The Morgan fingerprint density at radius 3 is 2.88 bits per heavy atom. The van der Waals surface area contributed by atoms with Gasteiger partial charge in [0.15, 0.2) is 0 Å². The molecule has 2 aromatic rings. The summed E-state index contributed by atoms with van der Waals surface area (Å²) in [5, 5.41) is 10.4. The molecular formula is C13H17N3O. The van der Waals surface area contributed by atoms with Crippen molar-refractivity contribution < 1.29 is 5.11 Å². The van der Waals surface area contributed by atoms with Crippen molar-refractivity contribution in [3.63, 3.8) is 0 Å². The first-order chi connectivity index (χ1) is 8.24. The molecule has 2 rings (SSSR count). The SMILES string of the molecule is CCCn1cncc1C(O)c1cnccc1C. The van der Waals surface area contributed by atoms with Crippen LogP contribution in [0.25, 0.3) is 0 Å². The third kappa shape index (κ3) is 2.36. The molecule has 1 unspecified atom stereocenters. The second kappa shape index (κ2) is 5.10. The highest BCUT2D eigenvalue weighted by Crippen LogP contribution is 2.23. The van der Waals surface area contributed by atoms with Crippen LogP contribution < -0.4 is 0 Å². The van der Waals surface area contributed by atoms with Crippen LogP contribution in [0.5, 0.6) is 0 Å². The highest BCUT2D eigenvalue weighted by Gasteiger charge is 2.16. The normalized spacial score (nSPS) is 12.6. The molecule has 4 heteroatoms. The summed E-state index contributed by atoms with van der Waals surface area (Å²) in [5.74, 6) is 0. The van der Waals surface area contributed by atoms with E-state index in [1.807, 2.05) is 17.6 Å². The molecule has 0 saturated carbocycles. The topological polar surface area (TPSA) is 50.9 Å². The minimum Gasteiger partial charge on any atom is -0.382 e. The number of aliphatic hydroxyl groups excluding tert-OH is 1. The highest BCUT2D eigenvalue weighted by atomic mass is 16.3. The van der Waals surface area contributed by atoms with Gasteiger partial charge in [0.25, 0.3) is 0 Å². The van der Waals surface area contributed by atoms with Crippen LogP contribution >= 0.6 is 0 Å². The molecule has 2 aromatic heterocycles. The molecule has 0 aliphatic carbocycles. The molecular weight excluding hydrogens is 214 g/mol. The quantitative estimate of drug-likeness (QED) is 0.876. The van der Waals surface area contributed by atoms with E-state index in [-0.39, 0.29) is 0 Å². The van der Waals surface area contributed by atoms with Crippen LogP contribution in [0.15, 0.2) is 31.0 Å². The molecule has 0 saturated heterocycles. The van der Waals surface area contributed by atoms with Gasteiger partial charge in [0, 0.05) is 24.5 Å². The Hall–Kier alpha value is -1.68. The van der Waals surface area contributed by atoms with E-state index in [2.05, 4.69) is 16.9 Å². The largest absolute Gasteiger partial charge is 0.382 e. The first-order valence-electron chi connectivity index (χ1n) is 5.82. The van der Waals surface area contributed by atoms with Gasteiger partial charge in [-0.25, -0.2) is 4.98 Å². The number of pyridine rings is 1. The van der Waals surface area contributed by atoms with Crippen molar-refractivity contribution in [1.82, 2.24) is 14.5 Å². The second-order valence-corrected chi connectivity index (χ2v) is 4.15. The predicted octanol–water partition coefficient (Wildman–Crippen LogP) is 2.08. The number of aliphatic hydroxyl groups is 1. The third-order valence-electron chi connectivity index (χ3n) is 2.86. The molecule has 0 amide bonds. The summed E-state index contributed by atoms with van der Waals surface area (Å²) in [4.78, 5) is 8.16. The number of imidazole rings is 1. The number of hydrogen-bond donors (Lipinski definition) is 1. The summed E-state index contributed by atoms with van der Waals surface area (Å²) in [6.07, 6.45) is 7.28. The van der Waals surface area contributed by atoms with Crippen LogP contribution in [-0.4, -0.2) is 19.6 Å². The van der Waals surface area contributed by atoms with Gasteiger partial charge >= 0.3 is 0 Å². The molecule has 0 bridgehead atoms. The highest BCUT2D eigenvalue weighted by molar-refractivity contribution is 5.29. The number of aromatic nitrogens is 3. The van der Waals surface area contributed by atoms with E-state index >= 15 is 0 Å². The van der Waals surface area contributed by atoms with E-state index in [4.69, 9.17) is 0 Å². The van der Waals surface area contributed by atoms with Crippen LogP contribution in [0.4, 0.5) is 0 Å². The Balaban J connectivity index is 2.34. The van der Waals surface area contributed by atoms with Crippen molar-refractivity contribution in [2.75, 3.05) is 0 Å². The van der Waals surface area contributed by atoms with Crippen molar-refractivity contribution in [1.29, 1.82) is 0 Å². The summed E-state index contributed by atoms with van der Waals surface area (Å²) < 4.78 is 1.98. The fourth-order valence-corrected chi connectivity index (χ4v) is 1.91. The molecule has 2 heterocycles. The number of rotatable bonds is 4. The Morgan fingerprint density at radius 1 is 1.35 bits per heavy atom. The van der Waals surface area contributed by atoms with Gasteiger partial charge in [0.05, 0.1) is 18.2 Å². The lowest BCUT2D eigenvalue weighted by Gasteiger charge is -2.15. The van der Waals surface area contributed by atoms with E-state index in [1.165, 1.54) is 0 Å². The minimum atomic E-state index is -0.655.